The van der Waals surface area contributed by atoms with Crippen molar-refractivity contribution in [2.75, 3.05) is 46.4 Å². The van der Waals surface area contributed by atoms with Gasteiger partial charge in [-0.25, -0.2) is 0 Å². The summed E-state index contributed by atoms with van der Waals surface area (Å²) in [4.78, 5) is 42.9. The standard InChI is InChI=1S/C26H39N3O5/c1-18-15-21(16-19(2)25(18)32)17-20(3)26(33)29-13-11-27(12-14-29)22-7-9-28(10-8-22)23(30)5-6-24(31)34-4/h15-16,20,22,32H,5-14,17H2,1-4H3/t20-/m1/s1. The molecule has 2 aliphatic heterocycles. The van der Waals surface area contributed by atoms with Gasteiger partial charge in [-0.05, 0) is 49.8 Å². The number of carbonyl (C=O) groups excluding carboxylic acids is 3. The van der Waals surface area contributed by atoms with Crippen molar-refractivity contribution in [3.05, 3.63) is 28.8 Å². The number of esters is 1. The molecule has 0 saturated carbocycles. The number of aromatic hydroxyl groups is 1. The number of phenolic OH excluding ortho intramolecular Hbond substituents is 1. The van der Waals surface area contributed by atoms with Crippen LogP contribution in [0.1, 0.15) is 49.3 Å². The molecule has 2 saturated heterocycles. The van der Waals surface area contributed by atoms with Crippen LogP contribution in [0, 0.1) is 19.8 Å². The van der Waals surface area contributed by atoms with Crippen molar-refractivity contribution in [1.29, 1.82) is 0 Å². The lowest BCUT2D eigenvalue weighted by atomic mass is 9.96. The Bertz CT molecular complexity index is 863. The quantitative estimate of drug-likeness (QED) is 0.611. The Balaban J connectivity index is 1.42. The van der Waals surface area contributed by atoms with Crippen molar-refractivity contribution in [3.63, 3.8) is 0 Å². The number of nitrogens with zero attached hydrogens (tertiary/aromatic N) is 3. The van der Waals surface area contributed by atoms with E-state index in [0.717, 1.165) is 55.7 Å². The molecule has 8 heteroatoms. The second-order valence-corrected chi connectivity index (χ2v) is 9.73. The summed E-state index contributed by atoms with van der Waals surface area (Å²) >= 11 is 0. The lowest BCUT2D eigenvalue weighted by Gasteiger charge is -2.43. The van der Waals surface area contributed by atoms with Crippen LogP contribution in [-0.4, -0.2) is 90.0 Å². The van der Waals surface area contributed by atoms with E-state index < -0.39 is 0 Å². The number of piperazine rings is 1. The Morgan fingerprint density at radius 2 is 1.56 bits per heavy atom. The average Bonchev–Trinajstić information content (AvgIpc) is 2.85. The summed E-state index contributed by atoms with van der Waals surface area (Å²) in [6, 6.07) is 4.37. The number of ether oxygens (including phenoxy) is 1. The normalized spacial score (nSPS) is 18.6. The van der Waals surface area contributed by atoms with Crippen LogP contribution in [0.2, 0.25) is 0 Å². The van der Waals surface area contributed by atoms with E-state index in [-0.39, 0.29) is 36.5 Å². The van der Waals surface area contributed by atoms with Crippen LogP contribution in [0.4, 0.5) is 0 Å². The number of hydrogen-bond acceptors (Lipinski definition) is 6. The molecule has 0 radical (unpaired) electrons. The third kappa shape index (κ3) is 6.50. The molecular formula is C26H39N3O5. The number of phenols is 1. The molecule has 2 amide bonds. The van der Waals surface area contributed by atoms with Crippen molar-refractivity contribution in [2.45, 2.75) is 58.9 Å². The van der Waals surface area contributed by atoms with Crippen LogP contribution in [0.3, 0.4) is 0 Å². The number of aryl methyl sites for hydroxylation is 2. The zero-order chi connectivity index (χ0) is 24.8. The number of piperidine rings is 1. The highest BCUT2D eigenvalue weighted by Crippen LogP contribution is 2.25. The second kappa shape index (κ2) is 11.7. The summed E-state index contributed by atoms with van der Waals surface area (Å²) in [5.41, 5.74) is 2.78. The minimum atomic E-state index is -0.349. The fraction of sp³-hybridized carbons (Fsp3) is 0.654. The molecule has 2 heterocycles. The first-order valence-corrected chi connectivity index (χ1v) is 12.4. The van der Waals surface area contributed by atoms with Gasteiger partial charge >= 0.3 is 5.97 Å². The minimum absolute atomic E-state index is 0.0206. The summed E-state index contributed by atoms with van der Waals surface area (Å²) in [7, 11) is 1.34. The van der Waals surface area contributed by atoms with E-state index in [1.54, 1.807) is 0 Å². The van der Waals surface area contributed by atoms with E-state index in [0.29, 0.717) is 31.3 Å². The first kappa shape index (κ1) is 26.0. The van der Waals surface area contributed by atoms with Gasteiger partial charge in [0.1, 0.15) is 5.75 Å². The smallest absolute Gasteiger partial charge is 0.306 e. The van der Waals surface area contributed by atoms with E-state index in [1.807, 2.05) is 42.7 Å². The third-order valence-corrected chi connectivity index (χ3v) is 7.24. The van der Waals surface area contributed by atoms with Crippen LogP contribution in [-0.2, 0) is 25.5 Å². The van der Waals surface area contributed by atoms with E-state index >= 15 is 0 Å². The molecule has 1 atom stereocenters. The molecule has 0 spiro atoms. The number of likely N-dealkylation sites (tertiary alicyclic amines) is 1. The van der Waals surface area contributed by atoms with Gasteiger partial charge in [0.2, 0.25) is 11.8 Å². The van der Waals surface area contributed by atoms with Gasteiger partial charge in [0.25, 0.3) is 0 Å². The summed E-state index contributed by atoms with van der Waals surface area (Å²) in [6.45, 7) is 10.4. The number of methoxy groups -OCH3 is 1. The zero-order valence-corrected chi connectivity index (χ0v) is 21.0. The van der Waals surface area contributed by atoms with E-state index in [1.165, 1.54) is 7.11 Å². The maximum Gasteiger partial charge on any atom is 0.306 e. The first-order valence-electron chi connectivity index (χ1n) is 12.4. The molecule has 188 valence electrons. The molecule has 3 rings (SSSR count). The van der Waals surface area contributed by atoms with Crippen LogP contribution < -0.4 is 0 Å². The summed E-state index contributed by atoms with van der Waals surface area (Å²) < 4.78 is 4.61. The molecule has 8 nitrogen and oxygen atoms in total. The predicted octanol–water partition coefficient (Wildman–Crippen LogP) is 2.28. The Morgan fingerprint density at radius 1 is 0.971 bits per heavy atom. The maximum absolute atomic E-state index is 13.1. The van der Waals surface area contributed by atoms with Gasteiger partial charge < -0.3 is 19.6 Å². The fourth-order valence-electron chi connectivity index (χ4n) is 5.17. The minimum Gasteiger partial charge on any atom is -0.507 e. The van der Waals surface area contributed by atoms with Crippen LogP contribution in [0.15, 0.2) is 12.1 Å². The molecule has 0 bridgehead atoms. The second-order valence-electron chi connectivity index (χ2n) is 9.73. The molecule has 2 aliphatic rings. The van der Waals surface area contributed by atoms with Gasteiger partial charge in [0.15, 0.2) is 0 Å². The lowest BCUT2D eigenvalue weighted by Crippen LogP contribution is -2.55. The van der Waals surface area contributed by atoms with Gasteiger partial charge in [-0.15, -0.1) is 0 Å². The number of amides is 2. The topological polar surface area (TPSA) is 90.4 Å². The number of carbonyl (C=O) groups is 3. The molecular weight excluding hydrogens is 434 g/mol. The Morgan fingerprint density at radius 3 is 2.12 bits per heavy atom. The maximum atomic E-state index is 13.1. The number of benzene rings is 1. The SMILES string of the molecule is COC(=O)CCC(=O)N1CCC(N2CCN(C(=O)[C@H](C)Cc3cc(C)c(O)c(C)c3)CC2)CC1. The highest BCUT2D eigenvalue weighted by Gasteiger charge is 2.31. The van der Waals surface area contributed by atoms with Gasteiger partial charge in [0, 0.05) is 57.6 Å². The third-order valence-electron chi connectivity index (χ3n) is 7.24. The fourth-order valence-corrected chi connectivity index (χ4v) is 5.17. The highest BCUT2D eigenvalue weighted by atomic mass is 16.5. The van der Waals surface area contributed by atoms with Crippen molar-refractivity contribution in [3.8, 4) is 5.75 Å². The Labute approximate surface area is 202 Å². The first-order chi connectivity index (χ1) is 16.2. The summed E-state index contributed by atoms with van der Waals surface area (Å²) in [5, 5.41) is 9.99. The molecule has 0 aliphatic carbocycles. The van der Waals surface area contributed by atoms with Crippen LogP contribution in [0.25, 0.3) is 0 Å². The average molecular weight is 474 g/mol. The van der Waals surface area contributed by atoms with Crippen LogP contribution >= 0.6 is 0 Å². The Kier molecular flexibility index (Phi) is 8.94. The van der Waals surface area contributed by atoms with E-state index in [9.17, 15) is 19.5 Å². The molecule has 1 aromatic rings. The highest BCUT2D eigenvalue weighted by molar-refractivity contribution is 5.81. The molecule has 0 unspecified atom stereocenters. The van der Waals surface area contributed by atoms with Crippen molar-refractivity contribution < 1.29 is 24.2 Å². The number of rotatable bonds is 7. The van der Waals surface area contributed by atoms with E-state index in [2.05, 4.69) is 9.64 Å². The van der Waals surface area contributed by atoms with Gasteiger partial charge in [-0.2, -0.15) is 0 Å². The van der Waals surface area contributed by atoms with E-state index in [4.69, 9.17) is 0 Å². The monoisotopic (exact) mass is 473 g/mol. The lowest BCUT2D eigenvalue weighted by molar-refractivity contribution is -0.144. The zero-order valence-electron chi connectivity index (χ0n) is 21.0. The van der Waals surface area contributed by atoms with Crippen LogP contribution in [0.5, 0.6) is 5.75 Å². The van der Waals surface area contributed by atoms with Crippen molar-refractivity contribution in [1.82, 2.24) is 14.7 Å². The molecule has 34 heavy (non-hydrogen) atoms. The van der Waals surface area contributed by atoms with Gasteiger partial charge in [0.05, 0.1) is 13.5 Å². The van der Waals surface area contributed by atoms with Crippen molar-refractivity contribution >= 4 is 17.8 Å². The summed E-state index contributed by atoms with van der Waals surface area (Å²) in [5.74, 6) is 0.0870. The largest absolute Gasteiger partial charge is 0.507 e. The molecule has 1 N–H and O–H groups in total. The van der Waals surface area contributed by atoms with Crippen molar-refractivity contribution in [2.24, 2.45) is 5.92 Å². The Hall–Kier alpha value is -2.61. The molecule has 0 aromatic heterocycles. The molecule has 1 aromatic carbocycles. The summed E-state index contributed by atoms with van der Waals surface area (Å²) in [6.07, 6.45) is 2.86. The van der Waals surface area contributed by atoms with Gasteiger partial charge in [-0.1, -0.05) is 19.1 Å². The number of hydrogen-bond donors (Lipinski definition) is 1. The molecule has 2 fully saturated rings. The van der Waals surface area contributed by atoms with Gasteiger partial charge in [-0.3, -0.25) is 19.3 Å². The predicted molar refractivity (Wildman–Crippen MR) is 129 cm³/mol.